The van der Waals surface area contributed by atoms with Gasteiger partial charge >= 0.3 is 11.9 Å². The van der Waals surface area contributed by atoms with Crippen molar-refractivity contribution in [3.63, 3.8) is 0 Å². The lowest BCUT2D eigenvalue weighted by Crippen LogP contribution is -2.45. The summed E-state index contributed by atoms with van der Waals surface area (Å²) in [7, 11) is 0. The number of ether oxygens (including phenoxy) is 2. The normalized spacial score (nSPS) is 72.7. The van der Waals surface area contributed by atoms with E-state index in [9.17, 15) is 9.59 Å². The van der Waals surface area contributed by atoms with E-state index < -0.39 is 0 Å². The van der Waals surface area contributed by atoms with Gasteiger partial charge in [-0.2, -0.15) is 0 Å². The number of fused-ring (bicyclic) bond motifs is 4. The van der Waals surface area contributed by atoms with Crippen LogP contribution in [0.4, 0.5) is 0 Å². The highest BCUT2D eigenvalue weighted by atomic mass is 16.6. The van der Waals surface area contributed by atoms with Gasteiger partial charge in [0, 0.05) is 23.7 Å². The predicted molar refractivity (Wildman–Crippen MR) is 89.5 cm³/mol. The van der Waals surface area contributed by atoms with E-state index >= 15 is 0 Å². The van der Waals surface area contributed by atoms with Gasteiger partial charge in [0.2, 0.25) is 0 Å². The standard InChI is InChI=1S/C22H26O4/c1-19-13-9-5-3-8-22(9)16-11(13)12-14(20(16,2)18(24)26-22)10-6-4-7-21(10,15(12)19)25-17(19)23/h9-16H,3-8H2,1-2H3/t9-,10+,11+,12-,13+,14-,15-,16+,19-,20-,21-,22-/m0/s1. The zero-order valence-electron chi connectivity index (χ0n) is 15.5. The van der Waals surface area contributed by atoms with E-state index in [0.717, 1.165) is 38.5 Å². The fraction of sp³-hybridized carbons (Fsp3) is 0.909. The van der Waals surface area contributed by atoms with E-state index in [2.05, 4.69) is 13.8 Å². The summed E-state index contributed by atoms with van der Waals surface area (Å²) in [5.74, 6) is 3.52. The van der Waals surface area contributed by atoms with Crippen molar-refractivity contribution in [1.82, 2.24) is 0 Å². The molecule has 0 radical (unpaired) electrons. The first kappa shape index (κ1) is 14.0. The monoisotopic (exact) mass is 354 g/mol. The Hall–Kier alpha value is -1.06. The first-order chi connectivity index (χ1) is 12.4. The molecule has 2 spiro atoms. The highest BCUT2D eigenvalue weighted by molar-refractivity contribution is 5.86. The van der Waals surface area contributed by atoms with Crippen LogP contribution in [-0.4, -0.2) is 23.1 Å². The Morgan fingerprint density at radius 2 is 1.19 bits per heavy atom. The zero-order chi connectivity index (χ0) is 17.4. The number of hydrogen-bond donors (Lipinski definition) is 0. The molecule has 0 aromatic rings. The highest BCUT2D eigenvalue weighted by Crippen LogP contribution is 2.90. The third-order valence-corrected chi connectivity index (χ3v) is 11.5. The molecule has 0 amide bonds. The van der Waals surface area contributed by atoms with Crippen molar-refractivity contribution in [2.24, 2.45) is 58.2 Å². The molecule has 0 aromatic carbocycles. The van der Waals surface area contributed by atoms with Crippen molar-refractivity contribution >= 4 is 11.9 Å². The van der Waals surface area contributed by atoms with E-state index in [1.165, 1.54) is 0 Å². The van der Waals surface area contributed by atoms with Crippen LogP contribution in [0.1, 0.15) is 52.4 Å². The maximum absolute atomic E-state index is 13.4. The summed E-state index contributed by atoms with van der Waals surface area (Å²) >= 11 is 0. The quantitative estimate of drug-likeness (QED) is 0.628. The van der Waals surface area contributed by atoms with Crippen molar-refractivity contribution in [3.05, 3.63) is 0 Å². The number of esters is 2. The van der Waals surface area contributed by atoms with Gasteiger partial charge in [-0.05, 0) is 76.0 Å². The Morgan fingerprint density at radius 3 is 1.62 bits per heavy atom. The molecule has 0 unspecified atom stereocenters. The van der Waals surface area contributed by atoms with Crippen molar-refractivity contribution in [1.29, 1.82) is 0 Å². The SMILES string of the molecule is C[C@]12C(=O)O[C@@]34CCC[C@@H]3[C@H]3[C@H]([C@@H]5[C@H]1[C@@H]1CCC[C@]16OC(=O)[C@]3(C)[C@@H]56)[C@H]42. The molecule has 12 atom stereocenters. The van der Waals surface area contributed by atoms with Crippen molar-refractivity contribution in [2.75, 3.05) is 0 Å². The molecule has 6 saturated carbocycles. The molecule has 0 N–H and O–H groups in total. The molecular formula is C22H26O4. The second-order valence-electron chi connectivity index (χ2n) is 11.4. The number of hydrogen-bond acceptors (Lipinski definition) is 4. The molecule has 138 valence electrons. The van der Waals surface area contributed by atoms with Gasteiger partial charge in [0.1, 0.15) is 11.2 Å². The molecule has 8 aliphatic rings. The molecule has 0 bridgehead atoms. The van der Waals surface area contributed by atoms with Crippen LogP contribution in [0.25, 0.3) is 0 Å². The van der Waals surface area contributed by atoms with E-state index in [4.69, 9.17) is 9.47 Å². The van der Waals surface area contributed by atoms with Crippen LogP contribution in [0, 0.1) is 58.2 Å². The molecule has 2 saturated heterocycles. The first-order valence-corrected chi connectivity index (χ1v) is 10.9. The summed E-state index contributed by atoms with van der Waals surface area (Å²) in [6, 6.07) is 0. The summed E-state index contributed by atoms with van der Waals surface area (Å²) < 4.78 is 12.8. The molecule has 6 aliphatic carbocycles. The number of rotatable bonds is 0. The molecule has 2 aliphatic heterocycles. The summed E-state index contributed by atoms with van der Waals surface area (Å²) in [5.41, 5.74) is -1.15. The number of carbonyl (C=O) groups is 2. The number of carbonyl (C=O) groups excluding carboxylic acids is 2. The van der Waals surface area contributed by atoms with Crippen LogP contribution in [0.3, 0.4) is 0 Å². The molecule has 2 heterocycles. The van der Waals surface area contributed by atoms with E-state index in [1.807, 2.05) is 0 Å². The van der Waals surface area contributed by atoms with Crippen molar-refractivity contribution < 1.29 is 19.1 Å². The van der Waals surface area contributed by atoms with Gasteiger partial charge < -0.3 is 9.47 Å². The molecule has 8 rings (SSSR count). The van der Waals surface area contributed by atoms with Gasteiger partial charge in [0.15, 0.2) is 0 Å². The second-order valence-corrected chi connectivity index (χ2v) is 11.4. The maximum Gasteiger partial charge on any atom is 0.313 e. The lowest BCUT2D eigenvalue weighted by molar-refractivity contribution is -0.165. The van der Waals surface area contributed by atoms with Crippen LogP contribution in [0.2, 0.25) is 0 Å². The topological polar surface area (TPSA) is 52.6 Å². The largest absolute Gasteiger partial charge is 0.458 e. The Bertz CT molecular complexity index is 768. The summed E-state index contributed by atoms with van der Waals surface area (Å²) in [4.78, 5) is 26.8. The molecular weight excluding hydrogens is 328 g/mol. The third-order valence-electron chi connectivity index (χ3n) is 11.5. The first-order valence-electron chi connectivity index (χ1n) is 10.9. The predicted octanol–water partition coefficient (Wildman–Crippen LogP) is 2.94. The summed E-state index contributed by atoms with van der Waals surface area (Å²) in [6.07, 6.45) is 6.61. The van der Waals surface area contributed by atoms with Gasteiger partial charge in [-0.25, -0.2) is 0 Å². The molecule has 4 heteroatoms. The smallest absolute Gasteiger partial charge is 0.313 e. The molecule has 26 heavy (non-hydrogen) atoms. The maximum atomic E-state index is 13.4. The van der Waals surface area contributed by atoms with Gasteiger partial charge in [-0.3, -0.25) is 9.59 Å². The lowest BCUT2D eigenvalue weighted by atomic mass is 9.63. The molecule has 8 fully saturated rings. The average Bonchev–Trinajstić information content (AvgIpc) is 3.35. The van der Waals surface area contributed by atoms with Gasteiger partial charge in [0.25, 0.3) is 0 Å². The fourth-order valence-corrected chi connectivity index (χ4v) is 11.7. The highest BCUT2D eigenvalue weighted by Gasteiger charge is 2.95. The van der Waals surface area contributed by atoms with Crippen LogP contribution in [0.15, 0.2) is 0 Å². The minimum Gasteiger partial charge on any atom is -0.458 e. The van der Waals surface area contributed by atoms with Gasteiger partial charge in [-0.15, -0.1) is 0 Å². The Labute approximate surface area is 153 Å². The lowest BCUT2D eigenvalue weighted by Gasteiger charge is -2.38. The van der Waals surface area contributed by atoms with Crippen molar-refractivity contribution in [2.45, 2.75) is 63.6 Å². The average molecular weight is 354 g/mol. The minimum atomic E-state index is -0.327. The Balaban J connectivity index is 1.49. The Kier molecular flexibility index (Phi) is 1.83. The van der Waals surface area contributed by atoms with Crippen LogP contribution in [-0.2, 0) is 19.1 Å². The molecule has 4 nitrogen and oxygen atoms in total. The Morgan fingerprint density at radius 1 is 0.769 bits per heavy atom. The van der Waals surface area contributed by atoms with Crippen LogP contribution in [0.5, 0.6) is 0 Å². The van der Waals surface area contributed by atoms with Crippen LogP contribution < -0.4 is 0 Å². The second kappa shape index (κ2) is 3.39. The summed E-state index contributed by atoms with van der Waals surface area (Å²) in [6.45, 7) is 4.50. The minimum absolute atomic E-state index is 0.0994. The van der Waals surface area contributed by atoms with E-state index in [0.29, 0.717) is 47.3 Å². The van der Waals surface area contributed by atoms with Crippen molar-refractivity contribution in [3.8, 4) is 0 Å². The van der Waals surface area contributed by atoms with E-state index in [1.54, 1.807) is 0 Å². The third kappa shape index (κ3) is 0.897. The fourth-order valence-electron chi connectivity index (χ4n) is 11.7. The van der Waals surface area contributed by atoms with Crippen LogP contribution >= 0.6 is 0 Å². The van der Waals surface area contributed by atoms with E-state index in [-0.39, 0.29) is 34.0 Å². The van der Waals surface area contributed by atoms with Gasteiger partial charge in [0.05, 0.1) is 10.8 Å². The zero-order valence-corrected chi connectivity index (χ0v) is 15.5. The van der Waals surface area contributed by atoms with Gasteiger partial charge in [-0.1, -0.05) is 0 Å². The molecule has 0 aromatic heterocycles. The summed E-state index contributed by atoms with van der Waals surface area (Å²) in [5, 5.41) is 0.